The molecular formula is C14H14F3NOS. The monoisotopic (exact) mass is 301 g/mol. The molecule has 2 rings (SSSR count). The van der Waals surface area contributed by atoms with Gasteiger partial charge in [-0.1, -0.05) is 11.8 Å². The number of thioether (sulfide) groups is 1. The third-order valence-corrected chi connectivity index (χ3v) is 3.40. The molecule has 0 amide bonds. The summed E-state index contributed by atoms with van der Waals surface area (Å²) < 4.78 is 42.6. The Morgan fingerprint density at radius 1 is 1.20 bits per heavy atom. The third-order valence-electron chi connectivity index (χ3n) is 2.69. The van der Waals surface area contributed by atoms with Gasteiger partial charge in [0, 0.05) is 5.69 Å². The van der Waals surface area contributed by atoms with E-state index < -0.39 is 5.76 Å². The van der Waals surface area contributed by atoms with Gasteiger partial charge in [0.2, 0.25) is 0 Å². The molecule has 0 aliphatic heterocycles. The molecule has 1 heterocycles. The van der Waals surface area contributed by atoms with Crippen molar-refractivity contribution in [2.45, 2.75) is 25.0 Å². The van der Waals surface area contributed by atoms with Gasteiger partial charge >= 0.3 is 0 Å². The van der Waals surface area contributed by atoms with Crippen LogP contribution in [0.3, 0.4) is 0 Å². The molecule has 0 saturated heterocycles. The first-order valence-electron chi connectivity index (χ1n) is 6.02. The highest BCUT2D eigenvalue weighted by atomic mass is 32.2. The summed E-state index contributed by atoms with van der Waals surface area (Å²) in [4.78, 5) is 0. The maximum Gasteiger partial charge on any atom is 0.284 e. The number of anilines is 1. The number of hydrogen-bond acceptors (Lipinski definition) is 3. The summed E-state index contributed by atoms with van der Waals surface area (Å²) in [5.74, 6) is -1.34. The molecule has 0 radical (unpaired) electrons. The van der Waals surface area contributed by atoms with E-state index in [1.807, 2.05) is 0 Å². The van der Waals surface area contributed by atoms with Gasteiger partial charge in [0.1, 0.15) is 17.3 Å². The zero-order valence-corrected chi connectivity index (χ0v) is 11.6. The van der Waals surface area contributed by atoms with E-state index in [1.165, 1.54) is 6.07 Å². The number of alkyl halides is 2. The largest absolute Gasteiger partial charge is 0.463 e. The second-order valence-electron chi connectivity index (χ2n) is 4.26. The number of furan rings is 1. The number of nitrogens with one attached hydrogen (secondary N) is 1. The summed E-state index contributed by atoms with van der Waals surface area (Å²) in [6, 6.07) is 8.15. The van der Waals surface area contributed by atoms with Crippen LogP contribution in [0.4, 0.5) is 18.9 Å². The minimum absolute atomic E-state index is 0.146. The fourth-order valence-electron chi connectivity index (χ4n) is 1.68. The highest BCUT2D eigenvalue weighted by Gasteiger charge is 2.07. The summed E-state index contributed by atoms with van der Waals surface area (Å²) >= 11 is 0.527. The van der Waals surface area contributed by atoms with E-state index in [0.29, 0.717) is 35.4 Å². The SMILES string of the molecule is Cc1cc(NCc2ccc(CSC(F)F)o2)ccc1F. The molecule has 20 heavy (non-hydrogen) atoms. The van der Waals surface area contributed by atoms with Crippen LogP contribution in [0.15, 0.2) is 34.7 Å². The minimum Gasteiger partial charge on any atom is -0.463 e. The lowest BCUT2D eigenvalue weighted by Gasteiger charge is -2.06. The molecule has 6 heteroatoms. The minimum atomic E-state index is -2.40. The molecule has 0 aliphatic carbocycles. The van der Waals surface area contributed by atoms with Gasteiger partial charge in [-0.3, -0.25) is 0 Å². The number of aryl methyl sites for hydroxylation is 1. The third kappa shape index (κ3) is 4.23. The molecule has 0 bridgehead atoms. The molecule has 2 nitrogen and oxygen atoms in total. The topological polar surface area (TPSA) is 25.2 Å². The standard InChI is InChI=1S/C14H14F3NOS/c1-9-6-10(2-5-13(9)15)18-7-11-3-4-12(19-11)8-20-14(16)17/h2-6,14,18H,7-8H2,1H3. The lowest BCUT2D eigenvalue weighted by Crippen LogP contribution is -1.98. The Labute approximate surface area is 119 Å². The van der Waals surface area contributed by atoms with Gasteiger partial charge in [-0.25, -0.2) is 4.39 Å². The maximum atomic E-state index is 13.1. The summed E-state index contributed by atoms with van der Waals surface area (Å²) in [7, 11) is 0. The molecule has 1 aromatic heterocycles. The first-order valence-corrected chi connectivity index (χ1v) is 7.07. The van der Waals surface area contributed by atoms with Crippen LogP contribution in [0.25, 0.3) is 0 Å². The van der Waals surface area contributed by atoms with Gasteiger partial charge in [-0.2, -0.15) is 8.78 Å². The van der Waals surface area contributed by atoms with Crippen LogP contribution in [-0.2, 0) is 12.3 Å². The van der Waals surface area contributed by atoms with Crippen molar-refractivity contribution in [3.05, 3.63) is 53.2 Å². The Balaban J connectivity index is 1.89. The van der Waals surface area contributed by atoms with Crippen LogP contribution in [0, 0.1) is 12.7 Å². The quantitative estimate of drug-likeness (QED) is 0.830. The van der Waals surface area contributed by atoms with E-state index in [1.54, 1.807) is 31.2 Å². The average Bonchev–Trinajstić information content (AvgIpc) is 2.86. The van der Waals surface area contributed by atoms with Crippen molar-refractivity contribution >= 4 is 17.4 Å². The molecule has 1 N–H and O–H groups in total. The van der Waals surface area contributed by atoms with E-state index in [-0.39, 0.29) is 11.6 Å². The molecule has 0 spiro atoms. The van der Waals surface area contributed by atoms with Crippen LogP contribution in [0.5, 0.6) is 0 Å². The summed E-state index contributed by atoms with van der Waals surface area (Å²) in [5, 5.41) is 3.09. The Morgan fingerprint density at radius 2 is 1.95 bits per heavy atom. The second-order valence-corrected chi connectivity index (χ2v) is 5.24. The number of halogens is 3. The Hall–Kier alpha value is -1.56. The molecule has 2 aromatic rings. The summed E-state index contributed by atoms with van der Waals surface area (Å²) in [6.07, 6.45) is 0. The molecule has 108 valence electrons. The Morgan fingerprint density at radius 3 is 2.65 bits per heavy atom. The van der Waals surface area contributed by atoms with Crippen molar-refractivity contribution in [1.82, 2.24) is 0 Å². The number of hydrogen-bond donors (Lipinski definition) is 1. The fourth-order valence-corrected chi connectivity index (χ4v) is 2.13. The van der Waals surface area contributed by atoms with Crippen LogP contribution in [-0.4, -0.2) is 5.76 Å². The van der Waals surface area contributed by atoms with Crippen molar-refractivity contribution < 1.29 is 17.6 Å². The number of benzene rings is 1. The van der Waals surface area contributed by atoms with Gasteiger partial charge < -0.3 is 9.73 Å². The van der Waals surface area contributed by atoms with Crippen molar-refractivity contribution in [1.29, 1.82) is 0 Å². The van der Waals surface area contributed by atoms with Gasteiger partial charge in [-0.15, -0.1) is 0 Å². The van der Waals surface area contributed by atoms with E-state index in [0.717, 1.165) is 5.69 Å². The highest BCUT2D eigenvalue weighted by molar-refractivity contribution is 7.98. The van der Waals surface area contributed by atoms with E-state index in [4.69, 9.17) is 4.42 Å². The van der Waals surface area contributed by atoms with Crippen molar-refractivity contribution in [2.75, 3.05) is 5.32 Å². The first-order chi connectivity index (χ1) is 9.54. The summed E-state index contributed by atoms with van der Waals surface area (Å²) in [6.45, 7) is 2.11. The van der Waals surface area contributed by atoms with Crippen molar-refractivity contribution in [2.24, 2.45) is 0 Å². The molecule has 0 unspecified atom stereocenters. The van der Waals surface area contributed by atoms with Crippen LogP contribution < -0.4 is 5.32 Å². The zero-order chi connectivity index (χ0) is 14.5. The molecule has 0 atom stereocenters. The average molecular weight is 301 g/mol. The zero-order valence-electron chi connectivity index (χ0n) is 10.8. The first kappa shape index (κ1) is 14.8. The molecule has 1 aromatic carbocycles. The Bertz CT molecular complexity index is 571. The second kappa shape index (κ2) is 6.74. The normalized spacial score (nSPS) is 11.1. The van der Waals surface area contributed by atoms with Gasteiger partial charge in [-0.05, 0) is 42.8 Å². The van der Waals surface area contributed by atoms with Crippen LogP contribution >= 0.6 is 11.8 Å². The smallest absolute Gasteiger partial charge is 0.284 e. The van der Waals surface area contributed by atoms with Crippen molar-refractivity contribution in [3.63, 3.8) is 0 Å². The molecule has 0 aliphatic rings. The van der Waals surface area contributed by atoms with E-state index in [2.05, 4.69) is 5.32 Å². The van der Waals surface area contributed by atoms with Gasteiger partial charge in [0.05, 0.1) is 12.3 Å². The highest BCUT2D eigenvalue weighted by Crippen LogP contribution is 2.22. The summed E-state index contributed by atoms with van der Waals surface area (Å²) in [5.41, 5.74) is 1.34. The fraction of sp³-hybridized carbons (Fsp3) is 0.286. The van der Waals surface area contributed by atoms with Crippen LogP contribution in [0.2, 0.25) is 0 Å². The molecule has 0 saturated carbocycles. The van der Waals surface area contributed by atoms with Gasteiger partial charge in [0.25, 0.3) is 5.76 Å². The molecular weight excluding hydrogens is 287 g/mol. The van der Waals surface area contributed by atoms with Gasteiger partial charge in [0.15, 0.2) is 0 Å². The lowest BCUT2D eigenvalue weighted by molar-refractivity contribution is 0.251. The maximum absolute atomic E-state index is 13.1. The Kier molecular flexibility index (Phi) is 5.00. The van der Waals surface area contributed by atoms with Crippen molar-refractivity contribution in [3.8, 4) is 0 Å². The predicted molar refractivity (Wildman–Crippen MR) is 74.5 cm³/mol. The lowest BCUT2D eigenvalue weighted by atomic mass is 10.2. The molecule has 0 fully saturated rings. The van der Waals surface area contributed by atoms with E-state index >= 15 is 0 Å². The number of rotatable bonds is 6. The van der Waals surface area contributed by atoms with E-state index in [9.17, 15) is 13.2 Å². The van der Waals surface area contributed by atoms with Crippen LogP contribution in [0.1, 0.15) is 17.1 Å². The predicted octanol–water partition coefficient (Wildman–Crippen LogP) is 4.80.